The molecule has 4 heterocycles. The number of thiocarbonyl (C=S) groups is 1. The highest BCUT2D eigenvalue weighted by Gasteiger charge is 2.42. The van der Waals surface area contributed by atoms with Gasteiger partial charge in [-0.2, -0.15) is 0 Å². The second-order valence-corrected chi connectivity index (χ2v) is 12.7. The molecule has 0 bridgehead atoms. The molecule has 3 fully saturated rings. The second-order valence-electron chi connectivity index (χ2n) is 8.80. The van der Waals surface area contributed by atoms with E-state index in [0.29, 0.717) is 32.7 Å². The number of aryl methyl sites for hydroxylation is 1. The average molecular weight is 505 g/mol. The van der Waals surface area contributed by atoms with Crippen molar-refractivity contribution >= 4 is 61.6 Å². The third-order valence-electron chi connectivity index (χ3n) is 6.45. The molecule has 2 saturated heterocycles. The largest absolute Gasteiger partial charge is 0.367 e. The van der Waals surface area contributed by atoms with Crippen molar-refractivity contribution in [1.82, 2.24) is 14.3 Å². The molecule has 11 heteroatoms. The highest BCUT2D eigenvalue weighted by atomic mass is 32.2. The van der Waals surface area contributed by atoms with Gasteiger partial charge in [-0.15, -0.1) is 0 Å². The van der Waals surface area contributed by atoms with Gasteiger partial charge in [0.1, 0.15) is 15.8 Å². The molecule has 0 spiro atoms. The first-order valence-corrected chi connectivity index (χ1v) is 14.0. The predicted molar refractivity (Wildman–Crippen MR) is 134 cm³/mol. The fraction of sp³-hybridized carbons (Fsp3) is 0.455. The van der Waals surface area contributed by atoms with E-state index in [0.717, 1.165) is 43.0 Å². The number of nitrogens with one attached hydrogen (secondary N) is 1. The van der Waals surface area contributed by atoms with Gasteiger partial charge in [0.25, 0.3) is 11.5 Å². The Morgan fingerprint density at radius 1 is 1.24 bits per heavy atom. The van der Waals surface area contributed by atoms with Gasteiger partial charge in [0.2, 0.25) is 0 Å². The van der Waals surface area contributed by atoms with Crippen molar-refractivity contribution in [1.29, 1.82) is 0 Å². The number of nitrogens with zero attached hydrogens (tertiary/aromatic N) is 3. The van der Waals surface area contributed by atoms with Crippen LogP contribution in [-0.4, -0.2) is 56.5 Å². The molecule has 1 aliphatic carbocycles. The molecule has 1 unspecified atom stereocenters. The fourth-order valence-corrected chi connectivity index (χ4v) is 7.80. The lowest BCUT2D eigenvalue weighted by molar-refractivity contribution is -0.123. The third kappa shape index (κ3) is 4.22. The topological polar surface area (TPSA) is 101 Å². The first-order chi connectivity index (χ1) is 15.7. The molecule has 174 valence electrons. The van der Waals surface area contributed by atoms with Crippen molar-refractivity contribution in [2.24, 2.45) is 0 Å². The van der Waals surface area contributed by atoms with Gasteiger partial charge >= 0.3 is 0 Å². The molecule has 2 aromatic rings. The summed E-state index contributed by atoms with van der Waals surface area (Å²) >= 11 is 6.52. The Hall–Kier alpha value is -2.24. The molecule has 3 aliphatic rings. The van der Waals surface area contributed by atoms with Crippen LogP contribution in [0.1, 0.15) is 43.2 Å². The Balaban J connectivity index is 1.57. The quantitative estimate of drug-likeness (QED) is 0.501. The minimum Gasteiger partial charge on any atom is -0.367 e. The molecule has 0 aromatic carbocycles. The van der Waals surface area contributed by atoms with Crippen LogP contribution in [0.15, 0.2) is 28.0 Å². The molecule has 8 nitrogen and oxygen atoms in total. The summed E-state index contributed by atoms with van der Waals surface area (Å²) in [4.78, 5) is 33.1. The molecule has 0 radical (unpaired) electrons. The predicted octanol–water partition coefficient (Wildman–Crippen LogP) is 2.75. The number of amides is 1. The molecule has 2 aliphatic heterocycles. The molecule has 1 saturated carbocycles. The van der Waals surface area contributed by atoms with E-state index >= 15 is 0 Å². The van der Waals surface area contributed by atoms with Gasteiger partial charge < -0.3 is 5.32 Å². The van der Waals surface area contributed by atoms with Gasteiger partial charge in [0.15, 0.2) is 9.84 Å². The summed E-state index contributed by atoms with van der Waals surface area (Å²) in [5.41, 5.74) is 1.50. The number of pyridine rings is 1. The van der Waals surface area contributed by atoms with E-state index in [-0.39, 0.29) is 29.0 Å². The molecule has 1 N–H and O–H groups in total. The Morgan fingerprint density at radius 3 is 2.70 bits per heavy atom. The monoisotopic (exact) mass is 504 g/mol. The van der Waals surface area contributed by atoms with E-state index in [1.54, 1.807) is 18.3 Å². The summed E-state index contributed by atoms with van der Waals surface area (Å²) < 4.78 is 25.7. The molecule has 1 amide bonds. The molecule has 2 aromatic heterocycles. The van der Waals surface area contributed by atoms with Crippen molar-refractivity contribution in [3.63, 3.8) is 0 Å². The number of hydrogen-bond donors (Lipinski definition) is 1. The summed E-state index contributed by atoms with van der Waals surface area (Å²) in [6.07, 6.45) is 7.87. The van der Waals surface area contributed by atoms with Crippen molar-refractivity contribution in [3.8, 4) is 0 Å². The van der Waals surface area contributed by atoms with Crippen molar-refractivity contribution in [2.45, 2.75) is 51.1 Å². The third-order valence-corrected chi connectivity index (χ3v) is 9.53. The second kappa shape index (κ2) is 8.52. The maximum absolute atomic E-state index is 13.5. The smallest absolute Gasteiger partial charge is 0.267 e. The molecule has 5 rings (SSSR count). The first kappa shape index (κ1) is 22.5. The number of rotatable bonds is 4. The van der Waals surface area contributed by atoms with E-state index in [4.69, 9.17) is 17.2 Å². The van der Waals surface area contributed by atoms with Crippen LogP contribution < -0.4 is 10.9 Å². The van der Waals surface area contributed by atoms with Crippen molar-refractivity contribution < 1.29 is 13.2 Å². The summed E-state index contributed by atoms with van der Waals surface area (Å²) in [6, 6.07) is 3.47. The van der Waals surface area contributed by atoms with Crippen molar-refractivity contribution in [3.05, 3.63) is 44.7 Å². The number of aromatic nitrogens is 2. The van der Waals surface area contributed by atoms with Gasteiger partial charge in [-0.3, -0.25) is 18.9 Å². The number of anilines is 1. The van der Waals surface area contributed by atoms with Gasteiger partial charge in [-0.25, -0.2) is 13.4 Å². The minimum atomic E-state index is -3.17. The standard InChI is InChI=1S/C22H24N4O4S3/c1-13-5-4-9-25-19(13)24-18(23-14-6-2-3-7-14)16(20(25)27)11-17-21(28)26(22(31)32-17)15-8-10-33(29,30)12-15/h4-5,9,11,14-15,23H,2-3,6-8,10,12H2,1H3. The molecular formula is C22H24N4O4S3. The van der Waals surface area contributed by atoms with Crippen LogP contribution in [0.5, 0.6) is 0 Å². The van der Waals surface area contributed by atoms with Crippen LogP contribution in [0, 0.1) is 6.92 Å². The Morgan fingerprint density at radius 2 is 2.00 bits per heavy atom. The Labute approximate surface area is 201 Å². The highest BCUT2D eigenvalue weighted by molar-refractivity contribution is 8.26. The number of fused-ring (bicyclic) bond motifs is 1. The molecular weight excluding hydrogens is 480 g/mol. The highest BCUT2D eigenvalue weighted by Crippen LogP contribution is 2.37. The van der Waals surface area contributed by atoms with Crippen LogP contribution in [0.25, 0.3) is 11.7 Å². The first-order valence-electron chi connectivity index (χ1n) is 11.0. The van der Waals surface area contributed by atoms with Gasteiger partial charge in [-0.05, 0) is 43.9 Å². The summed E-state index contributed by atoms with van der Waals surface area (Å²) in [5, 5.41) is 3.43. The van der Waals surface area contributed by atoms with Crippen LogP contribution in [0.3, 0.4) is 0 Å². The van der Waals surface area contributed by atoms with E-state index < -0.39 is 15.9 Å². The number of thioether (sulfide) groups is 1. The van der Waals surface area contributed by atoms with Crippen LogP contribution in [0.4, 0.5) is 5.82 Å². The lowest BCUT2D eigenvalue weighted by atomic mass is 10.2. The Kier molecular flexibility index (Phi) is 5.82. The number of carbonyl (C=O) groups excluding carboxylic acids is 1. The van der Waals surface area contributed by atoms with E-state index in [1.807, 2.05) is 13.0 Å². The van der Waals surface area contributed by atoms with E-state index in [9.17, 15) is 18.0 Å². The number of carbonyl (C=O) groups is 1. The zero-order valence-corrected chi connectivity index (χ0v) is 20.6. The van der Waals surface area contributed by atoms with Crippen LogP contribution in [0.2, 0.25) is 0 Å². The van der Waals surface area contributed by atoms with E-state index in [1.165, 1.54) is 9.30 Å². The summed E-state index contributed by atoms with van der Waals surface area (Å²) in [7, 11) is -3.17. The molecule has 1 atom stereocenters. The normalized spacial score (nSPS) is 24.5. The maximum atomic E-state index is 13.5. The van der Waals surface area contributed by atoms with Gasteiger partial charge in [0.05, 0.1) is 28.0 Å². The number of hydrogen-bond acceptors (Lipinski definition) is 8. The number of sulfone groups is 1. The van der Waals surface area contributed by atoms with Gasteiger partial charge in [0, 0.05) is 12.2 Å². The van der Waals surface area contributed by atoms with Crippen LogP contribution in [-0.2, 0) is 14.6 Å². The molecule has 33 heavy (non-hydrogen) atoms. The summed E-state index contributed by atoms with van der Waals surface area (Å²) in [5.74, 6) is 0.0849. The SMILES string of the molecule is Cc1cccn2c(=O)c(C=C3SC(=S)N(C4CCS(=O)(=O)C4)C3=O)c(NC3CCCC3)nc12. The maximum Gasteiger partial charge on any atom is 0.267 e. The fourth-order valence-electron chi connectivity index (χ4n) is 4.72. The zero-order chi connectivity index (χ0) is 23.3. The van der Waals surface area contributed by atoms with E-state index in [2.05, 4.69) is 5.32 Å². The lowest BCUT2D eigenvalue weighted by Crippen LogP contribution is -2.39. The van der Waals surface area contributed by atoms with Gasteiger partial charge in [-0.1, -0.05) is 42.9 Å². The van der Waals surface area contributed by atoms with Crippen LogP contribution >= 0.6 is 24.0 Å². The van der Waals surface area contributed by atoms with Crippen molar-refractivity contribution in [2.75, 3.05) is 16.8 Å². The average Bonchev–Trinajstić information content (AvgIpc) is 3.46. The zero-order valence-electron chi connectivity index (χ0n) is 18.1. The summed E-state index contributed by atoms with van der Waals surface area (Å²) in [6.45, 7) is 1.90. The Bertz CT molecular complexity index is 1360. The lowest BCUT2D eigenvalue weighted by Gasteiger charge is -2.21. The minimum absolute atomic E-state index is 0.0541.